The molecule has 4 aromatic rings. The highest BCUT2D eigenvalue weighted by Gasteiger charge is 2.20. The largest absolute Gasteiger partial charge is 0.425 e. The first-order chi connectivity index (χ1) is 12.9. The average Bonchev–Trinajstić information content (AvgIpc) is 3.04. The van der Waals surface area contributed by atoms with Gasteiger partial charge in [-0.05, 0) is 60.5 Å². The Morgan fingerprint density at radius 2 is 1.89 bits per heavy atom. The number of rotatable bonds is 3. The van der Waals surface area contributed by atoms with Crippen LogP contribution in [0.15, 0.2) is 36.7 Å². The quantitative estimate of drug-likeness (QED) is 0.419. The molecule has 3 N–H and O–H groups in total. The lowest BCUT2D eigenvalue weighted by Gasteiger charge is -2.14. The van der Waals surface area contributed by atoms with E-state index in [0.717, 1.165) is 32.8 Å². The van der Waals surface area contributed by atoms with Crippen molar-refractivity contribution in [1.29, 1.82) is 0 Å². The molecule has 4 rings (SSSR count). The highest BCUT2D eigenvalue weighted by atomic mass is 16.5. The second-order valence-electron chi connectivity index (χ2n) is 7.44. The van der Waals surface area contributed by atoms with Gasteiger partial charge in [0.2, 0.25) is 0 Å². The molecule has 0 bridgehead atoms. The van der Waals surface area contributed by atoms with Gasteiger partial charge in [0.15, 0.2) is 0 Å². The third kappa shape index (κ3) is 2.75. The van der Waals surface area contributed by atoms with Crippen LogP contribution < -0.4 is 10.5 Å². The molecule has 2 aromatic carbocycles. The van der Waals surface area contributed by atoms with E-state index in [2.05, 4.69) is 23.8 Å². The summed E-state index contributed by atoms with van der Waals surface area (Å²) >= 11 is 0. The Labute approximate surface area is 157 Å². The second-order valence-corrected chi connectivity index (χ2v) is 7.44. The van der Waals surface area contributed by atoms with E-state index in [1.165, 1.54) is 10.9 Å². The van der Waals surface area contributed by atoms with Gasteiger partial charge >= 0.3 is 5.97 Å². The fourth-order valence-electron chi connectivity index (χ4n) is 3.65. The topological polar surface area (TPSA) is 81.0 Å². The molecule has 0 fully saturated rings. The molecule has 5 heteroatoms. The standard InChI is InChI=1S/C22H23N3O2/c1-11(2)20(23)22(26)27-14-5-6-18-16(9-14)19-12(3)17-10-24-8-7-15(17)13(4)21(19)25-18/h5-11,20,25H,23H2,1-4H3/t20-/m0/s1. The predicted molar refractivity (Wildman–Crippen MR) is 109 cm³/mol. The van der Waals surface area contributed by atoms with Crippen molar-refractivity contribution >= 4 is 38.5 Å². The fraction of sp³-hybridized carbons (Fsp3) is 0.273. The maximum absolute atomic E-state index is 12.2. The Morgan fingerprint density at radius 3 is 2.63 bits per heavy atom. The van der Waals surface area contributed by atoms with E-state index in [9.17, 15) is 4.79 Å². The van der Waals surface area contributed by atoms with Gasteiger partial charge in [0, 0.05) is 34.1 Å². The Hall–Kier alpha value is -2.92. The van der Waals surface area contributed by atoms with E-state index in [4.69, 9.17) is 10.5 Å². The third-order valence-electron chi connectivity index (χ3n) is 5.36. The predicted octanol–water partition coefficient (Wildman–Crippen LogP) is 4.37. The lowest BCUT2D eigenvalue weighted by molar-refractivity contribution is -0.136. The number of benzene rings is 2. The number of carbonyl (C=O) groups is 1. The molecule has 0 amide bonds. The molecule has 5 nitrogen and oxygen atoms in total. The zero-order valence-electron chi connectivity index (χ0n) is 16.0. The highest BCUT2D eigenvalue weighted by molar-refractivity contribution is 6.16. The Morgan fingerprint density at radius 1 is 1.11 bits per heavy atom. The minimum atomic E-state index is -0.636. The number of esters is 1. The summed E-state index contributed by atoms with van der Waals surface area (Å²) in [6.07, 6.45) is 3.72. The minimum Gasteiger partial charge on any atom is -0.425 e. The van der Waals surface area contributed by atoms with Crippen LogP contribution in [0.1, 0.15) is 25.0 Å². The van der Waals surface area contributed by atoms with Crippen LogP contribution in [-0.2, 0) is 4.79 Å². The first-order valence-electron chi connectivity index (χ1n) is 9.14. The number of fused-ring (bicyclic) bond motifs is 4. The molecule has 0 unspecified atom stereocenters. The van der Waals surface area contributed by atoms with Crippen molar-refractivity contribution in [2.45, 2.75) is 33.7 Å². The van der Waals surface area contributed by atoms with E-state index >= 15 is 0 Å². The van der Waals surface area contributed by atoms with Gasteiger partial charge < -0.3 is 15.5 Å². The number of aryl methyl sites for hydroxylation is 2. The Balaban J connectivity index is 1.91. The molecule has 0 saturated carbocycles. The van der Waals surface area contributed by atoms with Gasteiger partial charge in [-0.2, -0.15) is 0 Å². The first kappa shape index (κ1) is 17.5. The van der Waals surface area contributed by atoms with Crippen LogP contribution in [0, 0.1) is 19.8 Å². The monoisotopic (exact) mass is 361 g/mol. The number of hydrogen-bond donors (Lipinski definition) is 2. The van der Waals surface area contributed by atoms with Crippen molar-refractivity contribution in [1.82, 2.24) is 9.97 Å². The van der Waals surface area contributed by atoms with Crippen molar-refractivity contribution in [2.24, 2.45) is 11.7 Å². The van der Waals surface area contributed by atoms with Gasteiger partial charge in [0.1, 0.15) is 11.8 Å². The van der Waals surface area contributed by atoms with Crippen LogP contribution in [0.3, 0.4) is 0 Å². The van der Waals surface area contributed by atoms with E-state index in [1.54, 1.807) is 6.07 Å². The maximum atomic E-state index is 12.2. The number of H-pyrrole nitrogens is 1. The molecule has 27 heavy (non-hydrogen) atoms. The van der Waals surface area contributed by atoms with Crippen LogP contribution in [0.25, 0.3) is 32.6 Å². The highest BCUT2D eigenvalue weighted by Crippen LogP contribution is 2.37. The zero-order valence-corrected chi connectivity index (χ0v) is 16.0. The smallest absolute Gasteiger partial charge is 0.328 e. The third-order valence-corrected chi connectivity index (χ3v) is 5.36. The number of hydrogen-bond acceptors (Lipinski definition) is 4. The van der Waals surface area contributed by atoms with Crippen molar-refractivity contribution in [3.05, 3.63) is 47.8 Å². The van der Waals surface area contributed by atoms with Crippen LogP contribution in [0.4, 0.5) is 0 Å². The van der Waals surface area contributed by atoms with Crippen LogP contribution >= 0.6 is 0 Å². The molecule has 0 spiro atoms. The number of carbonyl (C=O) groups excluding carboxylic acids is 1. The molecule has 2 aromatic heterocycles. The summed E-state index contributed by atoms with van der Waals surface area (Å²) in [5.74, 6) is 0.123. The van der Waals surface area contributed by atoms with Gasteiger partial charge in [-0.3, -0.25) is 4.98 Å². The molecule has 0 saturated heterocycles. The molecule has 0 aliphatic carbocycles. The molecular formula is C22H23N3O2. The summed E-state index contributed by atoms with van der Waals surface area (Å²) in [5.41, 5.74) is 10.4. The first-order valence-corrected chi connectivity index (χ1v) is 9.14. The van der Waals surface area contributed by atoms with Gasteiger partial charge in [-0.15, -0.1) is 0 Å². The number of nitrogens with two attached hydrogens (primary N) is 1. The van der Waals surface area contributed by atoms with Crippen LogP contribution in [-0.4, -0.2) is 22.0 Å². The summed E-state index contributed by atoms with van der Waals surface area (Å²) in [5, 5.41) is 4.48. The van der Waals surface area contributed by atoms with Gasteiger partial charge in [-0.1, -0.05) is 13.8 Å². The van der Waals surface area contributed by atoms with Crippen molar-refractivity contribution < 1.29 is 9.53 Å². The number of nitrogens with zero attached hydrogens (tertiary/aromatic N) is 1. The van der Waals surface area contributed by atoms with Gasteiger partial charge in [0.25, 0.3) is 0 Å². The van der Waals surface area contributed by atoms with Crippen molar-refractivity contribution in [3.8, 4) is 5.75 Å². The van der Waals surface area contributed by atoms with Gasteiger partial charge in [-0.25, -0.2) is 4.79 Å². The van der Waals surface area contributed by atoms with E-state index in [-0.39, 0.29) is 5.92 Å². The summed E-state index contributed by atoms with van der Waals surface area (Å²) in [7, 11) is 0. The second kappa shape index (κ2) is 6.35. The average molecular weight is 361 g/mol. The summed E-state index contributed by atoms with van der Waals surface area (Å²) in [6.45, 7) is 8.02. The number of ether oxygens (including phenoxy) is 1. The summed E-state index contributed by atoms with van der Waals surface area (Å²) in [6, 6.07) is 7.06. The number of nitrogens with one attached hydrogen (secondary N) is 1. The molecule has 1 atom stereocenters. The Bertz CT molecular complexity index is 1190. The van der Waals surface area contributed by atoms with E-state index in [1.807, 2.05) is 44.4 Å². The van der Waals surface area contributed by atoms with Gasteiger partial charge in [0.05, 0.1) is 5.52 Å². The fourth-order valence-corrected chi connectivity index (χ4v) is 3.65. The molecular weight excluding hydrogens is 338 g/mol. The molecule has 0 radical (unpaired) electrons. The van der Waals surface area contributed by atoms with E-state index < -0.39 is 12.0 Å². The lowest BCUT2D eigenvalue weighted by Crippen LogP contribution is -2.38. The van der Waals surface area contributed by atoms with E-state index in [0.29, 0.717) is 5.75 Å². The van der Waals surface area contributed by atoms with Crippen molar-refractivity contribution in [2.75, 3.05) is 0 Å². The normalized spacial score (nSPS) is 13.0. The summed E-state index contributed by atoms with van der Waals surface area (Å²) in [4.78, 5) is 20.0. The number of aromatic nitrogens is 2. The zero-order chi connectivity index (χ0) is 19.3. The molecule has 0 aliphatic heterocycles. The molecule has 138 valence electrons. The minimum absolute atomic E-state index is 0.0260. The maximum Gasteiger partial charge on any atom is 0.328 e. The van der Waals surface area contributed by atoms with Crippen molar-refractivity contribution in [3.63, 3.8) is 0 Å². The van der Waals surface area contributed by atoms with Crippen LogP contribution in [0.2, 0.25) is 0 Å². The Kier molecular flexibility index (Phi) is 4.12. The molecule has 0 aliphatic rings. The number of aromatic amines is 1. The molecule has 2 heterocycles. The van der Waals surface area contributed by atoms with Crippen LogP contribution in [0.5, 0.6) is 5.75 Å². The summed E-state index contributed by atoms with van der Waals surface area (Å²) < 4.78 is 5.53. The number of pyridine rings is 1. The lowest BCUT2D eigenvalue weighted by atomic mass is 9.97. The SMILES string of the molecule is Cc1c2ccncc2c(C)c2c1[nH]c1ccc(OC(=O)[C@@H](N)C(C)C)cc12.